The van der Waals surface area contributed by atoms with Crippen molar-refractivity contribution in [3.63, 3.8) is 0 Å². The van der Waals surface area contributed by atoms with Crippen molar-refractivity contribution >= 4 is 17.6 Å². The summed E-state index contributed by atoms with van der Waals surface area (Å²) in [5, 5.41) is 20.6. The van der Waals surface area contributed by atoms with E-state index in [2.05, 4.69) is 15.5 Å². The van der Waals surface area contributed by atoms with Crippen LogP contribution < -0.4 is 10.1 Å². The van der Waals surface area contributed by atoms with E-state index in [0.29, 0.717) is 23.7 Å². The second-order valence-electron chi connectivity index (χ2n) is 7.59. The van der Waals surface area contributed by atoms with Crippen molar-refractivity contribution in [3.8, 4) is 11.5 Å². The molecule has 0 saturated carbocycles. The number of amides is 1. The van der Waals surface area contributed by atoms with Crippen molar-refractivity contribution in [1.29, 1.82) is 0 Å². The zero-order valence-corrected chi connectivity index (χ0v) is 18.4. The molecule has 0 unspecified atom stereocenters. The van der Waals surface area contributed by atoms with Crippen molar-refractivity contribution in [1.82, 2.24) is 19.6 Å². The van der Waals surface area contributed by atoms with Crippen LogP contribution in [-0.2, 0) is 13.6 Å². The van der Waals surface area contributed by atoms with Gasteiger partial charge < -0.3 is 15.2 Å². The highest BCUT2D eigenvalue weighted by molar-refractivity contribution is 6.09. The summed E-state index contributed by atoms with van der Waals surface area (Å²) in [5.74, 6) is -0.349. The Morgan fingerprint density at radius 2 is 1.76 bits per heavy atom. The van der Waals surface area contributed by atoms with Crippen molar-refractivity contribution in [2.45, 2.75) is 20.4 Å². The minimum atomic E-state index is -1.21. The molecule has 0 aliphatic carbocycles. The van der Waals surface area contributed by atoms with Crippen LogP contribution in [0.2, 0.25) is 0 Å². The van der Waals surface area contributed by atoms with Gasteiger partial charge in [0.15, 0.2) is 5.69 Å². The first-order valence-electron chi connectivity index (χ1n) is 10.3. The second-order valence-corrected chi connectivity index (χ2v) is 7.59. The molecule has 9 heteroatoms. The summed E-state index contributed by atoms with van der Waals surface area (Å²) in [5.41, 5.74) is 2.55. The molecule has 168 valence electrons. The number of benzene rings is 2. The lowest BCUT2D eigenvalue weighted by Crippen LogP contribution is -2.17. The van der Waals surface area contributed by atoms with Crippen LogP contribution in [-0.4, -0.2) is 36.5 Å². The van der Waals surface area contributed by atoms with Gasteiger partial charge in [-0.1, -0.05) is 30.3 Å². The van der Waals surface area contributed by atoms with Crippen molar-refractivity contribution < 1.29 is 19.4 Å². The fraction of sp³-hybridized carbons (Fsp3) is 0.167. The monoisotopic (exact) mass is 445 g/mol. The third-order valence-corrected chi connectivity index (χ3v) is 5.10. The summed E-state index contributed by atoms with van der Waals surface area (Å²) >= 11 is 0. The lowest BCUT2D eigenvalue weighted by molar-refractivity contribution is 0.0692. The molecular weight excluding hydrogens is 422 g/mol. The number of carbonyl (C=O) groups excluding carboxylic acids is 1. The Morgan fingerprint density at radius 1 is 1.03 bits per heavy atom. The van der Waals surface area contributed by atoms with Gasteiger partial charge >= 0.3 is 5.97 Å². The number of para-hydroxylation sites is 1. The number of aromatic carboxylic acids is 1. The predicted octanol–water partition coefficient (Wildman–Crippen LogP) is 4.02. The van der Waals surface area contributed by atoms with Gasteiger partial charge in [0, 0.05) is 13.2 Å². The average molecular weight is 445 g/mol. The Bertz CT molecular complexity index is 1320. The van der Waals surface area contributed by atoms with E-state index < -0.39 is 11.9 Å². The maximum Gasteiger partial charge on any atom is 0.339 e. The van der Waals surface area contributed by atoms with E-state index in [1.54, 1.807) is 18.7 Å². The van der Waals surface area contributed by atoms with Crippen LogP contribution >= 0.6 is 0 Å². The summed E-state index contributed by atoms with van der Waals surface area (Å²) in [6.45, 7) is 4.10. The number of anilines is 1. The van der Waals surface area contributed by atoms with E-state index in [1.165, 1.54) is 10.9 Å². The standard InChI is InChI=1S/C24H23N5O4/c1-15-21(25-23(30)22-20(24(31)32)14-28(3)27-22)16(2)29(26-15)13-17-8-7-11-19(12-17)33-18-9-5-4-6-10-18/h4-12,14H,13H2,1-3H3,(H,25,30)(H,31,32). The molecule has 0 radical (unpaired) electrons. The topological polar surface area (TPSA) is 111 Å². The van der Waals surface area contributed by atoms with E-state index in [4.69, 9.17) is 4.74 Å². The van der Waals surface area contributed by atoms with E-state index in [9.17, 15) is 14.7 Å². The van der Waals surface area contributed by atoms with Gasteiger partial charge in [0.1, 0.15) is 17.1 Å². The Balaban J connectivity index is 1.53. The number of hydrogen-bond donors (Lipinski definition) is 2. The van der Waals surface area contributed by atoms with Crippen molar-refractivity contribution in [3.05, 3.63) is 89.0 Å². The highest BCUT2D eigenvalue weighted by atomic mass is 16.5. The van der Waals surface area contributed by atoms with Crippen LogP contribution in [0, 0.1) is 13.8 Å². The molecule has 1 amide bonds. The molecule has 2 aromatic heterocycles. The zero-order valence-electron chi connectivity index (χ0n) is 18.4. The molecule has 4 rings (SSSR count). The Kier molecular flexibility index (Phi) is 5.95. The molecule has 0 atom stereocenters. The lowest BCUT2D eigenvalue weighted by Gasteiger charge is -2.09. The van der Waals surface area contributed by atoms with Gasteiger partial charge in [-0.3, -0.25) is 14.2 Å². The summed E-state index contributed by atoms with van der Waals surface area (Å²) in [6, 6.07) is 17.2. The molecule has 33 heavy (non-hydrogen) atoms. The molecule has 0 bridgehead atoms. The molecule has 0 aliphatic heterocycles. The molecule has 0 aliphatic rings. The van der Waals surface area contributed by atoms with E-state index in [0.717, 1.165) is 17.0 Å². The first-order chi connectivity index (χ1) is 15.8. The van der Waals surface area contributed by atoms with Crippen molar-refractivity contribution in [2.24, 2.45) is 7.05 Å². The third kappa shape index (κ3) is 4.77. The zero-order chi connectivity index (χ0) is 23.5. The van der Waals surface area contributed by atoms with Gasteiger partial charge in [0.2, 0.25) is 0 Å². The maximum atomic E-state index is 12.7. The first kappa shape index (κ1) is 21.8. The number of aromatic nitrogens is 4. The van der Waals surface area contributed by atoms with Gasteiger partial charge in [-0.05, 0) is 43.7 Å². The largest absolute Gasteiger partial charge is 0.478 e. The lowest BCUT2D eigenvalue weighted by atomic mass is 10.2. The van der Waals surface area contributed by atoms with Gasteiger partial charge in [-0.2, -0.15) is 10.2 Å². The second kappa shape index (κ2) is 8.99. The van der Waals surface area contributed by atoms with Gasteiger partial charge in [0.25, 0.3) is 5.91 Å². The van der Waals surface area contributed by atoms with Gasteiger partial charge in [-0.25, -0.2) is 4.79 Å². The van der Waals surface area contributed by atoms with E-state index >= 15 is 0 Å². The van der Waals surface area contributed by atoms with Crippen LogP contribution in [0.3, 0.4) is 0 Å². The van der Waals surface area contributed by atoms with Gasteiger partial charge in [-0.15, -0.1) is 0 Å². The number of carboxylic acids is 1. The average Bonchev–Trinajstić information content (AvgIpc) is 3.30. The quantitative estimate of drug-likeness (QED) is 0.444. The molecule has 0 fully saturated rings. The number of carbonyl (C=O) groups is 2. The minimum absolute atomic E-state index is 0.151. The molecule has 2 N–H and O–H groups in total. The molecule has 9 nitrogen and oxygen atoms in total. The fourth-order valence-electron chi connectivity index (χ4n) is 3.52. The van der Waals surface area contributed by atoms with E-state index in [-0.39, 0.29) is 11.3 Å². The minimum Gasteiger partial charge on any atom is -0.478 e. The molecule has 2 aromatic carbocycles. The summed E-state index contributed by atoms with van der Waals surface area (Å²) < 4.78 is 8.98. The molecule has 2 heterocycles. The summed E-state index contributed by atoms with van der Waals surface area (Å²) in [7, 11) is 1.56. The van der Waals surface area contributed by atoms with Crippen LogP contribution in [0.15, 0.2) is 60.8 Å². The van der Waals surface area contributed by atoms with Gasteiger partial charge in [0.05, 0.1) is 23.6 Å². The van der Waals surface area contributed by atoms with E-state index in [1.807, 2.05) is 61.5 Å². The number of nitrogens with one attached hydrogen (secondary N) is 1. The Morgan fingerprint density at radius 3 is 2.48 bits per heavy atom. The number of rotatable bonds is 7. The van der Waals surface area contributed by atoms with Crippen LogP contribution in [0.25, 0.3) is 0 Å². The smallest absolute Gasteiger partial charge is 0.339 e. The van der Waals surface area contributed by atoms with Crippen LogP contribution in [0.4, 0.5) is 5.69 Å². The number of carboxylic acid groups (broad SMARTS) is 1. The van der Waals surface area contributed by atoms with Crippen LogP contribution in [0.5, 0.6) is 11.5 Å². The highest BCUT2D eigenvalue weighted by Crippen LogP contribution is 2.25. The molecular formula is C24H23N5O4. The Labute approximate surface area is 190 Å². The first-order valence-corrected chi connectivity index (χ1v) is 10.3. The number of aryl methyl sites for hydroxylation is 2. The Hall–Kier alpha value is -4.40. The SMILES string of the molecule is Cc1nn(Cc2cccc(Oc3ccccc3)c2)c(C)c1NC(=O)c1nn(C)cc1C(=O)O. The summed E-state index contributed by atoms with van der Waals surface area (Å²) in [4.78, 5) is 24.2. The van der Waals surface area contributed by atoms with Crippen molar-refractivity contribution in [2.75, 3.05) is 5.32 Å². The third-order valence-electron chi connectivity index (χ3n) is 5.10. The number of ether oxygens (including phenoxy) is 1. The maximum absolute atomic E-state index is 12.7. The molecule has 0 spiro atoms. The molecule has 4 aromatic rings. The number of hydrogen-bond acceptors (Lipinski definition) is 5. The highest BCUT2D eigenvalue weighted by Gasteiger charge is 2.23. The summed E-state index contributed by atoms with van der Waals surface area (Å²) in [6.07, 6.45) is 1.30. The fourth-order valence-corrected chi connectivity index (χ4v) is 3.52. The molecule has 0 saturated heterocycles. The van der Waals surface area contributed by atoms with Crippen LogP contribution in [0.1, 0.15) is 37.8 Å². The normalized spacial score (nSPS) is 10.8. The number of nitrogens with zero attached hydrogens (tertiary/aromatic N) is 4. The predicted molar refractivity (Wildman–Crippen MR) is 122 cm³/mol.